The van der Waals surface area contributed by atoms with E-state index in [1.165, 1.54) is 19.8 Å². The van der Waals surface area contributed by atoms with Gasteiger partial charge in [0.05, 0.1) is 14.2 Å². The monoisotopic (exact) mass is 345 g/mol. The van der Waals surface area contributed by atoms with Gasteiger partial charge in [-0.2, -0.15) is 5.06 Å². The van der Waals surface area contributed by atoms with Crippen LogP contribution in [0.3, 0.4) is 0 Å². The third kappa shape index (κ3) is 4.22. The maximum Gasteiger partial charge on any atom is 0.438 e. The number of anilines is 1. The Morgan fingerprint density at radius 1 is 1.16 bits per heavy atom. The molecule has 0 saturated heterocycles. The molecule has 25 heavy (non-hydrogen) atoms. The fraction of sp³-hybridized carbons (Fsp3) is 0.316. The molecule has 1 amide bonds. The van der Waals surface area contributed by atoms with Crippen molar-refractivity contribution in [2.75, 3.05) is 19.3 Å². The van der Waals surface area contributed by atoms with Crippen molar-refractivity contribution in [2.24, 2.45) is 0 Å². The Labute approximate surface area is 147 Å². The predicted octanol–water partition coefficient (Wildman–Crippen LogP) is 4.11. The van der Waals surface area contributed by atoms with Crippen LogP contribution in [0.1, 0.15) is 23.6 Å². The second-order valence-corrected chi connectivity index (χ2v) is 5.49. The summed E-state index contributed by atoms with van der Waals surface area (Å²) in [4.78, 5) is 11.7. The van der Waals surface area contributed by atoms with Crippen LogP contribution in [-0.4, -0.2) is 25.5 Å². The van der Waals surface area contributed by atoms with E-state index in [1.807, 2.05) is 19.1 Å². The van der Waals surface area contributed by atoms with Gasteiger partial charge in [0.25, 0.3) is 0 Å². The van der Waals surface area contributed by atoms with Crippen LogP contribution in [-0.2, 0) is 17.8 Å². The van der Waals surface area contributed by atoms with E-state index in [0.717, 1.165) is 17.7 Å². The number of aryl methyl sites for hydroxylation is 2. The molecular weight excluding hydrogens is 322 g/mol. The lowest BCUT2D eigenvalue weighted by atomic mass is 10.1. The summed E-state index contributed by atoms with van der Waals surface area (Å²) in [6.45, 7) is 4.24. The molecule has 0 aromatic heterocycles. The summed E-state index contributed by atoms with van der Waals surface area (Å²) in [7, 11) is 2.65. The summed E-state index contributed by atoms with van der Waals surface area (Å²) in [5, 5.41) is 10.5. The van der Waals surface area contributed by atoms with E-state index in [4.69, 9.17) is 9.47 Å². The molecule has 2 rings (SSSR count). The minimum atomic E-state index is -0.908. The maximum absolute atomic E-state index is 11.7. The zero-order chi connectivity index (χ0) is 18.4. The van der Waals surface area contributed by atoms with Gasteiger partial charge in [-0.1, -0.05) is 31.2 Å². The van der Waals surface area contributed by atoms with E-state index in [9.17, 15) is 10.0 Å². The number of hydrogen-bond donors (Lipinski definition) is 1. The van der Waals surface area contributed by atoms with E-state index in [-0.39, 0.29) is 12.3 Å². The molecule has 6 nitrogen and oxygen atoms in total. The summed E-state index contributed by atoms with van der Waals surface area (Å²) in [6, 6.07) is 11.2. The van der Waals surface area contributed by atoms with E-state index in [0.29, 0.717) is 16.4 Å². The molecule has 0 radical (unpaired) electrons. The number of rotatable bonds is 6. The van der Waals surface area contributed by atoms with Crippen LogP contribution in [0.25, 0.3) is 0 Å². The Kier molecular flexibility index (Phi) is 6.25. The molecule has 0 aliphatic carbocycles. The Hall–Kier alpha value is -2.73. The highest BCUT2D eigenvalue weighted by atomic mass is 16.6. The third-order valence-electron chi connectivity index (χ3n) is 3.89. The van der Waals surface area contributed by atoms with Crippen LogP contribution in [0, 0.1) is 6.92 Å². The average Bonchev–Trinajstić information content (AvgIpc) is 2.65. The molecule has 0 aliphatic rings. The SMILES string of the molecule is CCc1ccc(OCc2cccc(OC)c2N(O)C(=O)OC)c(C)c1. The highest BCUT2D eigenvalue weighted by Crippen LogP contribution is 2.33. The van der Waals surface area contributed by atoms with Crippen LogP contribution in [0.2, 0.25) is 0 Å². The van der Waals surface area contributed by atoms with Gasteiger partial charge in [-0.3, -0.25) is 5.21 Å². The average molecular weight is 345 g/mol. The lowest BCUT2D eigenvalue weighted by molar-refractivity contribution is 0.139. The quantitative estimate of drug-likeness (QED) is 0.630. The standard InChI is InChI=1S/C19H23NO5/c1-5-14-9-10-16(13(2)11-14)25-12-15-7-6-8-17(23-3)18(15)20(22)19(21)24-4/h6-11,22H,5,12H2,1-4H3. The van der Waals surface area contributed by atoms with Crippen LogP contribution in [0.4, 0.5) is 10.5 Å². The molecule has 2 aromatic rings. The Morgan fingerprint density at radius 2 is 1.92 bits per heavy atom. The number of amides is 1. The molecule has 0 aliphatic heterocycles. The summed E-state index contributed by atoms with van der Waals surface area (Å²) < 4.78 is 15.7. The Morgan fingerprint density at radius 3 is 2.52 bits per heavy atom. The van der Waals surface area contributed by atoms with Crippen molar-refractivity contribution in [3.63, 3.8) is 0 Å². The van der Waals surface area contributed by atoms with Gasteiger partial charge >= 0.3 is 6.09 Å². The van der Waals surface area contributed by atoms with Crippen LogP contribution < -0.4 is 14.5 Å². The molecule has 0 spiro atoms. The number of para-hydroxylation sites is 1. The van der Waals surface area contributed by atoms with Gasteiger partial charge in [0.1, 0.15) is 23.8 Å². The Bertz CT molecular complexity index is 745. The van der Waals surface area contributed by atoms with Gasteiger partial charge < -0.3 is 14.2 Å². The van der Waals surface area contributed by atoms with Crippen molar-refractivity contribution < 1.29 is 24.2 Å². The van der Waals surface area contributed by atoms with Gasteiger partial charge in [0.15, 0.2) is 0 Å². The Balaban J connectivity index is 2.29. The van der Waals surface area contributed by atoms with E-state index in [2.05, 4.69) is 17.7 Å². The summed E-state index contributed by atoms with van der Waals surface area (Å²) in [5.74, 6) is 1.08. The highest BCUT2D eigenvalue weighted by Gasteiger charge is 2.22. The van der Waals surface area contributed by atoms with Gasteiger partial charge in [0.2, 0.25) is 0 Å². The maximum atomic E-state index is 11.7. The van der Waals surface area contributed by atoms with Crippen molar-refractivity contribution in [3.8, 4) is 11.5 Å². The molecule has 0 atom stereocenters. The number of hydroxylamine groups is 1. The number of carbonyl (C=O) groups is 1. The summed E-state index contributed by atoms with van der Waals surface area (Å²) >= 11 is 0. The number of carbonyl (C=O) groups excluding carboxylic acids is 1. The number of nitrogens with zero attached hydrogens (tertiary/aromatic N) is 1. The van der Waals surface area contributed by atoms with E-state index >= 15 is 0 Å². The smallest absolute Gasteiger partial charge is 0.438 e. The lowest BCUT2D eigenvalue weighted by Gasteiger charge is -2.20. The molecule has 0 heterocycles. The second kappa shape index (κ2) is 8.39. The van der Waals surface area contributed by atoms with Gasteiger partial charge in [0, 0.05) is 5.56 Å². The second-order valence-electron chi connectivity index (χ2n) is 5.49. The van der Waals surface area contributed by atoms with Crippen LogP contribution in [0.5, 0.6) is 11.5 Å². The lowest BCUT2D eigenvalue weighted by Crippen LogP contribution is -2.28. The third-order valence-corrected chi connectivity index (χ3v) is 3.89. The first kappa shape index (κ1) is 18.6. The van der Waals surface area contributed by atoms with Gasteiger partial charge in [-0.25, -0.2) is 4.79 Å². The summed E-state index contributed by atoms with van der Waals surface area (Å²) in [6.07, 6.45) is 0.0500. The van der Waals surface area contributed by atoms with Crippen molar-refractivity contribution in [2.45, 2.75) is 26.9 Å². The van der Waals surface area contributed by atoms with Crippen molar-refractivity contribution >= 4 is 11.8 Å². The molecule has 6 heteroatoms. The molecule has 0 unspecified atom stereocenters. The van der Waals surface area contributed by atoms with E-state index < -0.39 is 6.09 Å². The van der Waals surface area contributed by atoms with Crippen molar-refractivity contribution in [1.82, 2.24) is 0 Å². The fourth-order valence-electron chi connectivity index (χ4n) is 2.52. The number of benzene rings is 2. The molecule has 1 N–H and O–H groups in total. The molecule has 134 valence electrons. The van der Waals surface area contributed by atoms with Gasteiger partial charge in [-0.05, 0) is 36.6 Å². The van der Waals surface area contributed by atoms with Crippen LogP contribution in [0.15, 0.2) is 36.4 Å². The predicted molar refractivity (Wildman–Crippen MR) is 94.6 cm³/mol. The largest absolute Gasteiger partial charge is 0.494 e. The topological polar surface area (TPSA) is 68.2 Å². The van der Waals surface area contributed by atoms with E-state index in [1.54, 1.807) is 18.2 Å². The first-order chi connectivity index (χ1) is 12.0. The summed E-state index contributed by atoms with van der Waals surface area (Å²) in [5.41, 5.74) is 3.04. The van der Waals surface area contributed by atoms with Crippen LogP contribution >= 0.6 is 0 Å². The van der Waals surface area contributed by atoms with Crippen molar-refractivity contribution in [3.05, 3.63) is 53.1 Å². The first-order valence-corrected chi connectivity index (χ1v) is 7.97. The van der Waals surface area contributed by atoms with Gasteiger partial charge in [-0.15, -0.1) is 0 Å². The minimum absolute atomic E-state index is 0.160. The number of ether oxygens (including phenoxy) is 3. The zero-order valence-electron chi connectivity index (χ0n) is 14.9. The molecular formula is C19H23NO5. The molecule has 0 saturated carbocycles. The molecule has 0 fully saturated rings. The number of methoxy groups -OCH3 is 2. The fourth-order valence-corrected chi connectivity index (χ4v) is 2.52. The molecule has 0 bridgehead atoms. The number of hydrogen-bond acceptors (Lipinski definition) is 5. The zero-order valence-corrected chi connectivity index (χ0v) is 14.9. The first-order valence-electron chi connectivity index (χ1n) is 7.97. The highest BCUT2D eigenvalue weighted by molar-refractivity contribution is 5.88. The molecule has 2 aromatic carbocycles. The minimum Gasteiger partial charge on any atom is -0.494 e. The normalized spacial score (nSPS) is 10.3. The van der Waals surface area contributed by atoms with Crippen molar-refractivity contribution in [1.29, 1.82) is 0 Å².